The highest BCUT2D eigenvalue weighted by atomic mass is 79.9. The molecule has 20 nitrogen and oxygen atoms in total. The zero-order valence-electron chi connectivity index (χ0n) is 22.7. The average molecular weight is 682 g/mol. The van der Waals surface area contributed by atoms with E-state index in [2.05, 4.69) is 95.7 Å². The number of hydrogen-bond donors (Lipinski definition) is 8. The summed E-state index contributed by atoms with van der Waals surface area (Å²) in [5, 5.41) is 0.296. The summed E-state index contributed by atoms with van der Waals surface area (Å²) in [7, 11) is 0. The van der Waals surface area contributed by atoms with Crippen LogP contribution in [0.15, 0.2) is 29.9 Å². The monoisotopic (exact) mass is 680 g/mol. The van der Waals surface area contributed by atoms with Crippen molar-refractivity contribution in [1.82, 2.24) is 79.7 Å². The third-order valence-electron chi connectivity index (χ3n) is 5.49. The summed E-state index contributed by atoms with van der Waals surface area (Å²) < 4.78 is 0.637. The Balaban J connectivity index is 0.000000116. The number of nitrogens with two attached hydrogens (primary N) is 4. The fourth-order valence-corrected chi connectivity index (χ4v) is 4.32. The molecule has 0 atom stereocenters. The maximum atomic E-state index is 5.70. The summed E-state index contributed by atoms with van der Waals surface area (Å²) in [6.07, 6.45) is 6.19. The largest absolute Gasteiger partial charge is 0.368 e. The molecule has 0 aliphatic carbocycles. The maximum Gasteiger partial charge on any atom is 0.223 e. The Morgan fingerprint density at radius 2 is 0.841 bits per heavy atom. The smallest absolute Gasteiger partial charge is 0.223 e. The molecule has 44 heavy (non-hydrogen) atoms. The van der Waals surface area contributed by atoms with Crippen LogP contribution in [0, 0.1) is 13.8 Å². The minimum Gasteiger partial charge on any atom is -0.368 e. The number of halogens is 2. The molecule has 0 aromatic carbocycles. The number of rotatable bonds is 0. The third kappa shape index (κ3) is 6.63. The SMILES string of the molecule is Cc1nc(N)nc2nc[nH]c12.Cc1nc(N)nc2nc[nH]c12.Nc1nc(Br)c2[nH]cnc2n1.Nc1nc(Cl)c2[nH]cnc2n1. The van der Waals surface area contributed by atoms with Gasteiger partial charge in [0.25, 0.3) is 0 Å². The number of aromatic nitrogens is 16. The molecule has 0 bridgehead atoms. The predicted molar refractivity (Wildman–Crippen MR) is 167 cm³/mol. The van der Waals surface area contributed by atoms with E-state index in [1.165, 1.54) is 6.33 Å². The van der Waals surface area contributed by atoms with Gasteiger partial charge in [0.05, 0.1) is 36.7 Å². The Bertz CT molecular complexity index is 1890. The molecule has 0 fully saturated rings. The Morgan fingerprint density at radius 3 is 1.32 bits per heavy atom. The first-order chi connectivity index (χ1) is 21.1. The van der Waals surface area contributed by atoms with Crippen molar-refractivity contribution in [1.29, 1.82) is 0 Å². The van der Waals surface area contributed by atoms with Crippen LogP contribution in [0.3, 0.4) is 0 Å². The fraction of sp³-hybridized carbons (Fsp3) is 0.0909. The van der Waals surface area contributed by atoms with E-state index in [4.69, 9.17) is 34.5 Å². The zero-order chi connectivity index (χ0) is 31.4. The number of fused-ring (bicyclic) bond motifs is 4. The van der Waals surface area contributed by atoms with Gasteiger partial charge in [-0.1, -0.05) is 11.6 Å². The Labute approximate surface area is 258 Å². The van der Waals surface area contributed by atoms with E-state index >= 15 is 0 Å². The molecule has 224 valence electrons. The van der Waals surface area contributed by atoms with Crippen molar-refractivity contribution in [3.63, 3.8) is 0 Å². The lowest BCUT2D eigenvalue weighted by molar-refractivity contribution is 1.15. The lowest BCUT2D eigenvalue weighted by atomic mass is 10.4. The second kappa shape index (κ2) is 12.6. The van der Waals surface area contributed by atoms with Crippen LogP contribution in [0.1, 0.15) is 11.4 Å². The highest BCUT2D eigenvalue weighted by Crippen LogP contribution is 2.18. The first-order valence-electron chi connectivity index (χ1n) is 12.2. The molecular weight excluding hydrogens is 660 g/mol. The highest BCUT2D eigenvalue weighted by Gasteiger charge is 2.06. The summed E-state index contributed by atoms with van der Waals surface area (Å²) in [6.45, 7) is 3.72. The average Bonchev–Trinajstić information content (AvgIpc) is 3.76. The lowest BCUT2D eigenvalue weighted by Crippen LogP contribution is -1.96. The normalized spacial score (nSPS) is 10.6. The molecule has 0 aliphatic rings. The molecule has 12 N–H and O–H groups in total. The molecule has 0 unspecified atom stereocenters. The predicted octanol–water partition coefficient (Wildman–Crippen LogP) is 1.77. The van der Waals surface area contributed by atoms with Crippen LogP contribution in [0.5, 0.6) is 0 Å². The molecule has 0 amide bonds. The van der Waals surface area contributed by atoms with E-state index in [9.17, 15) is 0 Å². The molecule has 8 heterocycles. The first-order valence-corrected chi connectivity index (χ1v) is 13.4. The number of anilines is 4. The van der Waals surface area contributed by atoms with Crippen molar-refractivity contribution in [2.45, 2.75) is 13.8 Å². The number of aryl methyl sites for hydroxylation is 2. The van der Waals surface area contributed by atoms with Crippen molar-refractivity contribution in [2.75, 3.05) is 22.9 Å². The van der Waals surface area contributed by atoms with Crippen LogP contribution in [0.25, 0.3) is 44.7 Å². The maximum absolute atomic E-state index is 5.70. The molecular formula is C22H22BrClN20. The van der Waals surface area contributed by atoms with Gasteiger partial charge in [-0.2, -0.15) is 24.9 Å². The van der Waals surface area contributed by atoms with E-state index in [0.29, 0.717) is 37.9 Å². The highest BCUT2D eigenvalue weighted by molar-refractivity contribution is 9.10. The third-order valence-corrected chi connectivity index (χ3v) is 6.33. The number of nitrogen functional groups attached to an aromatic ring is 4. The van der Waals surface area contributed by atoms with Gasteiger partial charge in [0, 0.05) is 0 Å². The van der Waals surface area contributed by atoms with Crippen molar-refractivity contribution in [3.05, 3.63) is 46.5 Å². The van der Waals surface area contributed by atoms with E-state index in [-0.39, 0.29) is 23.8 Å². The molecule has 22 heteroatoms. The Kier molecular flexibility index (Phi) is 8.48. The van der Waals surface area contributed by atoms with Gasteiger partial charge in [-0.15, -0.1) is 0 Å². The standard InChI is InChI=1S/2C6H7N5.C5H4BrN5.C5H4ClN5/c2*1-3-4-5(9-2-8-4)11-6(7)10-3;2*6-3-2-4(9-1-8-2)11-5(7)10-3/h2*2H,1H3,(H3,7,8,9,10,11);2*1H,(H3,7,8,9,10,11). The van der Waals surface area contributed by atoms with Gasteiger partial charge < -0.3 is 42.9 Å². The van der Waals surface area contributed by atoms with Crippen LogP contribution < -0.4 is 22.9 Å². The summed E-state index contributed by atoms with van der Waals surface area (Å²) in [5.74, 6) is 0.885. The number of nitrogens with one attached hydrogen (secondary N) is 4. The zero-order valence-corrected chi connectivity index (χ0v) is 25.1. The van der Waals surface area contributed by atoms with Gasteiger partial charge in [-0.3, -0.25) is 0 Å². The van der Waals surface area contributed by atoms with Crippen LogP contribution in [-0.2, 0) is 0 Å². The number of aromatic amines is 4. The minimum absolute atomic E-state index is 0.134. The fourth-order valence-electron chi connectivity index (χ4n) is 3.63. The molecule has 8 aromatic heterocycles. The van der Waals surface area contributed by atoms with Crippen molar-refractivity contribution >= 4 is 96.0 Å². The van der Waals surface area contributed by atoms with Crippen LogP contribution >= 0.6 is 27.5 Å². The number of H-pyrrole nitrogens is 4. The van der Waals surface area contributed by atoms with Gasteiger partial charge in [-0.25, -0.2) is 34.9 Å². The second-order valence-corrected chi connectivity index (χ2v) is 9.59. The van der Waals surface area contributed by atoms with Crippen molar-refractivity contribution in [2.24, 2.45) is 0 Å². The van der Waals surface area contributed by atoms with E-state index in [1.807, 2.05) is 13.8 Å². The van der Waals surface area contributed by atoms with E-state index in [0.717, 1.165) is 27.9 Å². The van der Waals surface area contributed by atoms with Gasteiger partial charge in [-0.05, 0) is 29.8 Å². The van der Waals surface area contributed by atoms with Gasteiger partial charge in [0.15, 0.2) is 27.7 Å². The Morgan fingerprint density at radius 1 is 0.500 bits per heavy atom. The summed E-state index contributed by atoms with van der Waals surface area (Å²) in [5.41, 5.74) is 28.5. The van der Waals surface area contributed by atoms with Crippen LogP contribution in [0.4, 0.5) is 23.8 Å². The van der Waals surface area contributed by atoms with Gasteiger partial charge in [0.2, 0.25) is 23.8 Å². The number of nitrogens with zero attached hydrogens (tertiary/aromatic N) is 12. The molecule has 8 rings (SSSR count). The summed E-state index contributed by atoms with van der Waals surface area (Å²) >= 11 is 8.93. The molecule has 0 spiro atoms. The topological polar surface area (TPSA) is 322 Å². The second-order valence-electron chi connectivity index (χ2n) is 8.48. The molecule has 0 saturated carbocycles. The summed E-state index contributed by atoms with van der Waals surface area (Å²) in [4.78, 5) is 58.3. The molecule has 0 saturated heterocycles. The molecule has 0 radical (unpaired) electrons. The van der Waals surface area contributed by atoms with Crippen LogP contribution in [-0.4, -0.2) is 79.7 Å². The quantitative estimate of drug-likeness (QED) is 0.106. The van der Waals surface area contributed by atoms with E-state index in [1.54, 1.807) is 19.0 Å². The number of hydrogen-bond acceptors (Lipinski definition) is 16. The Hall–Kier alpha value is -5.83. The molecule has 8 aromatic rings. The molecule has 0 aliphatic heterocycles. The number of imidazole rings is 4. The van der Waals surface area contributed by atoms with Gasteiger partial charge in [0.1, 0.15) is 26.7 Å². The lowest BCUT2D eigenvalue weighted by Gasteiger charge is -1.94. The van der Waals surface area contributed by atoms with Gasteiger partial charge >= 0.3 is 0 Å². The minimum atomic E-state index is 0.134. The van der Waals surface area contributed by atoms with Crippen molar-refractivity contribution in [3.8, 4) is 0 Å². The van der Waals surface area contributed by atoms with Crippen LogP contribution in [0.2, 0.25) is 5.15 Å². The first kappa shape index (κ1) is 29.7. The van der Waals surface area contributed by atoms with E-state index < -0.39 is 0 Å². The van der Waals surface area contributed by atoms with Crippen molar-refractivity contribution < 1.29 is 0 Å². The summed E-state index contributed by atoms with van der Waals surface area (Å²) in [6, 6.07) is 0.